The lowest BCUT2D eigenvalue weighted by atomic mass is 10.1. The number of nitrogens with one attached hydrogen (secondary N) is 1. The number of pyridine rings is 1. The summed E-state index contributed by atoms with van der Waals surface area (Å²) in [5, 5.41) is 3.97. The summed E-state index contributed by atoms with van der Waals surface area (Å²) >= 11 is 7.58. The Labute approximate surface area is 179 Å². The molecule has 150 valence electrons. The number of thioether (sulfide) groups is 1. The summed E-state index contributed by atoms with van der Waals surface area (Å²) in [6.07, 6.45) is 2.46. The lowest BCUT2D eigenvalue weighted by molar-refractivity contribution is 0.0954. The van der Waals surface area contributed by atoms with Crippen molar-refractivity contribution in [3.63, 3.8) is 0 Å². The van der Waals surface area contributed by atoms with Crippen LogP contribution in [0.2, 0.25) is 5.15 Å². The van der Waals surface area contributed by atoms with Crippen molar-refractivity contribution in [3.8, 4) is 0 Å². The molecule has 8 heteroatoms. The molecule has 1 N–H and O–H groups in total. The molecule has 0 unspecified atom stereocenters. The Bertz CT molecular complexity index is 951. The second kappa shape index (κ2) is 10.2. The minimum absolute atomic E-state index is 0.0890. The van der Waals surface area contributed by atoms with Crippen LogP contribution in [0, 0.1) is 0 Å². The summed E-state index contributed by atoms with van der Waals surface area (Å²) in [5.41, 5.74) is 2.67. The second-order valence-corrected chi connectivity index (χ2v) is 7.87. The van der Waals surface area contributed by atoms with Crippen LogP contribution in [0.4, 0.5) is 5.82 Å². The Kier molecular flexibility index (Phi) is 7.43. The molecule has 1 aromatic carbocycles. The van der Waals surface area contributed by atoms with Crippen LogP contribution in [-0.4, -0.2) is 41.5 Å². The zero-order chi connectivity index (χ0) is 20.6. The van der Waals surface area contributed by atoms with Gasteiger partial charge >= 0.3 is 0 Å². The number of rotatable bonds is 8. The number of hydrogen-bond donors (Lipinski definition) is 1. The van der Waals surface area contributed by atoms with Gasteiger partial charge in [-0.3, -0.25) is 9.78 Å². The molecule has 0 bridgehead atoms. The SMILES string of the molecule is CN(C)c1cc(Cl)nc(SCc2ccc(C(=O)NCCc3ccccn3)cc2)n1. The van der Waals surface area contributed by atoms with Crippen LogP contribution < -0.4 is 10.2 Å². The zero-order valence-electron chi connectivity index (χ0n) is 16.3. The fourth-order valence-corrected chi connectivity index (χ4v) is 3.57. The van der Waals surface area contributed by atoms with E-state index in [2.05, 4.69) is 20.3 Å². The molecule has 0 aliphatic heterocycles. The monoisotopic (exact) mass is 427 g/mol. The van der Waals surface area contributed by atoms with E-state index in [9.17, 15) is 4.79 Å². The third kappa shape index (κ3) is 6.44. The summed E-state index contributed by atoms with van der Waals surface area (Å²) in [6.45, 7) is 0.549. The van der Waals surface area contributed by atoms with E-state index < -0.39 is 0 Å². The average molecular weight is 428 g/mol. The molecular weight excluding hydrogens is 406 g/mol. The molecule has 0 aliphatic rings. The zero-order valence-corrected chi connectivity index (χ0v) is 17.9. The van der Waals surface area contributed by atoms with Crippen molar-refractivity contribution in [1.29, 1.82) is 0 Å². The highest BCUT2D eigenvalue weighted by atomic mass is 35.5. The maximum atomic E-state index is 12.3. The van der Waals surface area contributed by atoms with E-state index in [1.165, 1.54) is 11.8 Å². The Morgan fingerprint density at radius 1 is 1.14 bits per heavy atom. The molecule has 0 radical (unpaired) electrons. The third-order valence-electron chi connectivity index (χ3n) is 4.10. The molecule has 0 saturated heterocycles. The van der Waals surface area contributed by atoms with Crippen LogP contribution in [0.5, 0.6) is 0 Å². The Balaban J connectivity index is 1.51. The first-order valence-electron chi connectivity index (χ1n) is 9.13. The molecule has 3 rings (SSSR count). The van der Waals surface area contributed by atoms with Crippen molar-refractivity contribution in [1.82, 2.24) is 20.3 Å². The maximum absolute atomic E-state index is 12.3. The molecule has 1 amide bonds. The molecule has 29 heavy (non-hydrogen) atoms. The summed E-state index contributed by atoms with van der Waals surface area (Å²) < 4.78 is 0. The van der Waals surface area contributed by atoms with E-state index in [1.54, 1.807) is 12.3 Å². The van der Waals surface area contributed by atoms with Gasteiger partial charge in [0.25, 0.3) is 5.91 Å². The minimum Gasteiger partial charge on any atom is -0.363 e. The summed E-state index contributed by atoms with van der Waals surface area (Å²) in [5.74, 6) is 1.37. The number of carbonyl (C=O) groups excluding carboxylic acids is 1. The van der Waals surface area contributed by atoms with Gasteiger partial charge in [-0.1, -0.05) is 41.6 Å². The smallest absolute Gasteiger partial charge is 0.251 e. The first kappa shape index (κ1) is 21.1. The number of halogens is 1. The molecule has 0 aliphatic carbocycles. The minimum atomic E-state index is -0.0890. The van der Waals surface area contributed by atoms with Crippen LogP contribution >= 0.6 is 23.4 Å². The van der Waals surface area contributed by atoms with Crippen LogP contribution in [0.3, 0.4) is 0 Å². The van der Waals surface area contributed by atoms with Gasteiger partial charge in [0, 0.05) is 56.3 Å². The van der Waals surface area contributed by atoms with Crippen LogP contribution in [0.25, 0.3) is 0 Å². The fourth-order valence-electron chi connectivity index (χ4n) is 2.53. The molecule has 6 nitrogen and oxygen atoms in total. The highest BCUT2D eigenvalue weighted by molar-refractivity contribution is 7.98. The van der Waals surface area contributed by atoms with Crippen molar-refractivity contribution in [3.05, 3.63) is 76.7 Å². The molecule has 2 heterocycles. The summed E-state index contributed by atoms with van der Waals surface area (Å²) in [4.78, 5) is 27.2. The molecule has 0 saturated carbocycles. The van der Waals surface area contributed by atoms with Crippen LogP contribution in [0.15, 0.2) is 59.9 Å². The highest BCUT2D eigenvalue weighted by Crippen LogP contribution is 2.24. The number of benzene rings is 1. The van der Waals surface area contributed by atoms with Crippen LogP contribution in [-0.2, 0) is 12.2 Å². The lowest BCUT2D eigenvalue weighted by Crippen LogP contribution is -2.25. The Morgan fingerprint density at radius 3 is 2.62 bits per heavy atom. The molecule has 0 spiro atoms. The van der Waals surface area contributed by atoms with E-state index >= 15 is 0 Å². The molecule has 0 atom stereocenters. The first-order chi connectivity index (χ1) is 14.0. The predicted octanol–water partition coefficient (Wildman–Crippen LogP) is 3.86. The number of hydrogen-bond acceptors (Lipinski definition) is 6. The lowest BCUT2D eigenvalue weighted by Gasteiger charge is -2.12. The van der Waals surface area contributed by atoms with Gasteiger partial charge in [-0.15, -0.1) is 0 Å². The summed E-state index contributed by atoms with van der Waals surface area (Å²) in [7, 11) is 3.82. The van der Waals surface area contributed by atoms with E-state index in [0.717, 1.165) is 17.1 Å². The third-order valence-corrected chi connectivity index (χ3v) is 5.21. The van der Waals surface area contributed by atoms with Crippen molar-refractivity contribution in [2.75, 3.05) is 25.5 Å². The fraction of sp³-hybridized carbons (Fsp3) is 0.238. The second-order valence-electron chi connectivity index (χ2n) is 6.54. The van der Waals surface area contributed by atoms with Crippen molar-refractivity contribution in [2.24, 2.45) is 0 Å². The highest BCUT2D eigenvalue weighted by Gasteiger charge is 2.08. The Morgan fingerprint density at radius 2 is 1.93 bits per heavy atom. The van der Waals surface area contributed by atoms with Crippen LogP contribution in [0.1, 0.15) is 21.6 Å². The summed E-state index contributed by atoms with van der Waals surface area (Å²) in [6, 6.07) is 15.0. The van der Waals surface area contributed by atoms with E-state index in [1.807, 2.05) is 61.5 Å². The van der Waals surface area contributed by atoms with E-state index in [4.69, 9.17) is 11.6 Å². The van der Waals surface area contributed by atoms with Gasteiger partial charge in [-0.25, -0.2) is 9.97 Å². The quantitative estimate of drug-likeness (QED) is 0.334. The molecule has 3 aromatic rings. The predicted molar refractivity (Wildman–Crippen MR) is 118 cm³/mol. The topological polar surface area (TPSA) is 71.0 Å². The molecule has 2 aromatic heterocycles. The van der Waals surface area contributed by atoms with Gasteiger partial charge in [0.1, 0.15) is 11.0 Å². The standard InChI is InChI=1S/C21H22ClN5OS/c1-27(2)19-13-18(22)25-21(26-19)29-14-15-6-8-16(9-7-15)20(28)24-12-10-17-5-3-4-11-23-17/h3-9,11,13H,10,12,14H2,1-2H3,(H,24,28). The molecule has 0 fully saturated rings. The van der Waals surface area contributed by atoms with Crippen molar-refractivity contribution < 1.29 is 4.79 Å². The van der Waals surface area contributed by atoms with Gasteiger partial charge in [-0.2, -0.15) is 0 Å². The van der Waals surface area contributed by atoms with E-state index in [0.29, 0.717) is 34.6 Å². The van der Waals surface area contributed by atoms with Gasteiger partial charge in [0.15, 0.2) is 5.16 Å². The largest absolute Gasteiger partial charge is 0.363 e. The van der Waals surface area contributed by atoms with Gasteiger partial charge < -0.3 is 10.2 Å². The van der Waals surface area contributed by atoms with Crippen molar-refractivity contribution >= 4 is 35.1 Å². The van der Waals surface area contributed by atoms with E-state index in [-0.39, 0.29) is 5.91 Å². The Hall–Kier alpha value is -2.64. The van der Waals surface area contributed by atoms with Crippen molar-refractivity contribution in [2.45, 2.75) is 17.3 Å². The number of carbonyl (C=O) groups is 1. The number of amides is 1. The number of anilines is 1. The van der Waals surface area contributed by atoms with Gasteiger partial charge in [0.05, 0.1) is 0 Å². The average Bonchev–Trinajstić information content (AvgIpc) is 2.73. The number of nitrogens with zero attached hydrogens (tertiary/aromatic N) is 4. The number of aromatic nitrogens is 3. The first-order valence-corrected chi connectivity index (χ1v) is 10.5. The molecular formula is C21H22ClN5OS. The maximum Gasteiger partial charge on any atom is 0.251 e. The van der Waals surface area contributed by atoms with Gasteiger partial charge in [0.2, 0.25) is 0 Å². The normalized spacial score (nSPS) is 10.6. The van der Waals surface area contributed by atoms with Gasteiger partial charge in [-0.05, 0) is 29.8 Å².